The molecule has 1 aromatic heterocycles. The Morgan fingerprint density at radius 2 is 1.89 bits per heavy atom. The molecule has 0 unspecified atom stereocenters. The largest absolute Gasteiger partial charge is 0.366 e. The Hall–Kier alpha value is -3.54. The van der Waals surface area contributed by atoms with Crippen LogP contribution >= 0.6 is 0 Å². The van der Waals surface area contributed by atoms with Crippen molar-refractivity contribution in [2.45, 2.75) is 6.92 Å². The summed E-state index contributed by atoms with van der Waals surface area (Å²) in [6.45, 7) is 3.48. The van der Waals surface area contributed by atoms with E-state index in [4.69, 9.17) is 10.7 Å². The van der Waals surface area contributed by atoms with Crippen LogP contribution in [0.15, 0.2) is 65.9 Å². The molecule has 2 heterocycles. The molecule has 2 N–H and O–H groups in total. The molecule has 0 spiro atoms. The minimum Gasteiger partial charge on any atom is -0.366 e. The summed E-state index contributed by atoms with van der Waals surface area (Å²) in [7, 11) is 0. The number of hydrogen-bond acceptors (Lipinski definition) is 5. The predicted molar refractivity (Wildman–Crippen MR) is 105 cm³/mol. The van der Waals surface area contributed by atoms with Crippen molar-refractivity contribution in [1.29, 1.82) is 0 Å². The van der Waals surface area contributed by atoms with Gasteiger partial charge in [0.2, 0.25) is 5.91 Å². The van der Waals surface area contributed by atoms with E-state index in [9.17, 15) is 4.79 Å². The van der Waals surface area contributed by atoms with Crippen LogP contribution in [-0.4, -0.2) is 29.0 Å². The topological polar surface area (TPSA) is 84.5 Å². The zero-order valence-corrected chi connectivity index (χ0v) is 15.0. The molecule has 3 aromatic rings. The van der Waals surface area contributed by atoms with E-state index in [1.54, 1.807) is 24.5 Å². The number of likely N-dealkylation sites (N-methyl/N-ethyl adjacent to an activating group) is 1. The number of para-hydroxylation sites is 1. The molecule has 4 rings (SSSR count). The van der Waals surface area contributed by atoms with Gasteiger partial charge in [-0.1, -0.05) is 30.3 Å². The van der Waals surface area contributed by atoms with E-state index in [-0.39, 0.29) is 0 Å². The van der Waals surface area contributed by atoms with Crippen LogP contribution in [0.5, 0.6) is 0 Å². The van der Waals surface area contributed by atoms with E-state index >= 15 is 0 Å². The lowest BCUT2D eigenvalue weighted by molar-refractivity contribution is 0.100. The van der Waals surface area contributed by atoms with Crippen molar-refractivity contribution in [3.8, 4) is 11.3 Å². The van der Waals surface area contributed by atoms with Gasteiger partial charge in [0.15, 0.2) is 5.82 Å². The first kappa shape index (κ1) is 16.9. The Morgan fingerprint density at radius 1 is 1.11 bits per heavy atom. The average molecular weight is 357 g/mol. The summed E-state index contributed by atoms with van der Waals surface area (Å²) >= 11 is 0. The average Bonchev–Trinajstić information content (AvgIpc) is 3.13. The number of nitrogens with two attached hydrogens (primary N) is 1. The van der Waals surface area contributed by atoms with Crippen LogP contribution in [-0.2, 0) is 0 Å². The minimum atomic E-state index is -0.446. The standard InChI is InChI=1S/C21H19N5O/c1-2-26(19-12-24-17-6-4-3-5-16(17)19)20-13-23-11-18(25-20)14-7-9-15(10-8-14)21(22)27/h3-11,13H,2,12H2,1H3,(H2,22,27). The van der Waals surface area contributed by atoms with E-state index in [1.165, 1.54) is 0 Å². The summed E-state index contributed by atoms with van der Waals surface area (Å²) in [5.74, 6) is 0.328. The van der Waals surface area contributed by atoms with Gasteiger partial charge in [0.05, 0.1) is 35.7 Å². The molecule has 0 fully saturated rings. The van der Waals surface area contributed by atoms with Gasteiger partial charge in [-0.25, -0.2) is 4.98 Å². The van der Waals surface area contributed by atoms with Crippen LogP contribution < -0.4 is 21.2 Å². The minimum absolute atomic E-state index is 0.446. The number of rotatable bonds is 5. The van der Waals surface area contributed by atoms with Gasteiger partial charge in [-0.05, 0) is 25.1 Å². The number of benzene rings is 2. The SMILES string of the molecule is CCN(C1=c2ccccc2=NC1)c1cncc(-c2ccc(C(N)=O)cc2)n1. The second kappa shape index (κ2) is 6.99. The van der Waals surface area contributed by atoms with Gasteiger partial charge < -0.3 is 10.6 Å². The molecule has 6 nitrogen and oxygen atoms in total. The molecule has 2 aromatic carbocycles. The van der Waals surface area contributed by atoms with Crippen molar-refractivity contribution in [2.24, 2.45) is 10.7 Å². The van der Waals surface area contributed by atoms with Crippen LogP contribution in [0.4, 0.5) is 5.82 Å². The van der Waals surface area contributed by atoms with Crippen LogP contribution in [0.25, 0.3) is 17.0 Å². The van der Waals surface area contributed by atoms with Crippen molar-refractivity contribution >= 4 is 17.4 Å². The molecule has 0 aliphatic carbocycles. The van der Waals surface area contributed by atoms with E-state index in [1.807, 2.05) is 30.3 Å². The van der Waals surface area contributed by atoms with E-state index in [2.05, 4.69) is 27.9 Å². The molecular formula is C21H19N5O. The molecule has 6 heteroatoms. The van der Waals surface area contributed by atoms with Gasteiger partial charge in [0, 0.05) is 22.9 Å². The van der Waals surface area contributed by atoms with Gasteiger partial charge in [0.1, 0.15) is 0 Å². The van der Waals surface area contributed by atoms with Gasteiger partial charge in [-0.15, -0.1) is 0 Å². The molecule has 134 valence electrons. The summed E-state index contributed by atoms with van der Waals surface area (Å²) in [6, 6.07) is 15.2. The molecule has 1 amide bonds. The summed E-state index contributed by atoms with van der Waals surface area (Å²) in [4.78, 5) is 27.2. The number of carbonyl (C=O) groups excluding carboxylic acids is 1. The van der Waals surface area contributed by atoms with Crippen molar-refractivity contribution in [2.75, 3.05) is 18.0 Å². The number of nitrogens with zero attached hydrogens (tertiary/aromatic N) is 4. The summed E-state index contributed by atoms with van der Waals surface area (Å²) in [5, 5.41) is 2.15. The lowest BCUT2D eigenvalue weighted by Crippen LogP contribution is -2.31. The summed E-state index contributed by atoms with van der Waals surface area (Å²) in [6.07, 6.45) is 3.48. The number of anilines is 1. The van der Waals surface area contributed by atoms with Crippen molar-refractivity contribution in [3.63, 3.8) is 0 Å². The first-order chi connectivity index (χ1) is 13.2. The smallest absolute Gasteiger partial charge is 0.248 e. The number of fused-ring (bicyclic) bond motifs is 1. The third-order valence-electron chi connectivity index (χ3n) is 4.62. The van der Waals surface area contributed by atoms with Crippen molar-refractivity contribution in [1.82, 2.24) is 9.97 Å². The normalized spacial score (nSPS) is 12.4. The molecule has 27 heavy (non-hydrogen) atoms. The Morgan fingerprint density at radius 3 is 2.63 bits per heavy atom. The van der Waals surface area contributed by atoms with Gasteiger partial charge in [-0.3, -0.25) is 14.8 Å². The molecule has 0 atom stereocenters. The highest BCUT2D eigenvalue weighted by Crippen LogP contribution is 2.22. The number of primary amides is 1. The van der Waals surface area contributed by atoms with Crippen LogP contribution in [0.2, 0.25) is 0 Å². The third-order valence-corrected chi connectivity index (χ3v) is 4.62. The summed E-state index contributed by atoms with van der Waals surface area (Å²) in [5.41, 5.74) is 8.53. The molecule has 1 aliphatic heterocycles. The lowest BCUT2D eigenvalue weighted by atomic mass is 10.1. The van der Waals surface area contributed by atoms with Gasteiger partial charge >= 0.3 is 0 Å². The van der Waals surface area contributed by atoms with Crippen LogP contribution in [0.1, 0.15) is 17.3 Å². The van der Waals surface area contributed by atoms with E-state index in [0.29, 0.717) is 12.1 Å². The maximum atomic E-state index is 11.3. The third kappa shape index (κ3) is 3.17. The second-order valence-corrected chi connectivity index (χ2v) is 6.23. The second-order valence-electron chi connectivity index (χ2n) is 6.23. The quantitative estimate of drug-likeness (QED) is 0.750. The predicted octanol–water partition coefficient (Wildman–Crippen LogP) is 1.51. The first-order valence-corrected chi connectivity index (χ1v) is 8.80. The molecular weight excluding hydrogens is 338 g/mol. The Labute approximate surface area is 156 Å². The molecule has 0 bridgehead atoms. The lowest BCUT2D eigenvalue weighted by Gasteiger charge is -2.23. The first-order valence-electron chi connectivity index (χ1n) is 8.80. The fourth-order valence-electron chi connectivity index (χ4n) is 3.25. The monoisotopic (exact) mass is 357 g/mol. The van der Waals surface area contributed by atoms with E-state index < -0.39 is 5.91 Å². The maximum absolute atomic E-state index is 11.3. The van der Waals surface area contributed by atoms with E-state index in [0.717, 1.165) is 39.9 Å². The number of hydrogen-bond donors (Lipinski definition) is 1. The fraction of sp³-hybridized carbons (Fsp3) is 0.143. The zero-order chi connectivity index (χ0) is 18.8. The van der Waals surface area contributed by atoms with Gasteiger partial charge in [0.25, 0.3) is 0 Å². The molecule has 0 saturated carbocycles. The number of aromatic nitrogens is 2. The van der Waals surface area contributed by atoms with Crippen molar-refractivity contribution in [3.05, 3.63) is 77.1 Å². The Bertz CT molecular complexity index is 1120. The van der Waals surface area contributed by atoms with Crippen LogP contribution in [0.3, 0.4) is 0 Å². The Balaban J connectivity index is 1.74. The van der Waals surface area contributed by atoms with Gasteiger partial charge in [-0.2, -0.15) is 0 Å². The zero-order valence-electron chi connectivity index (χ0n) is 15.0. The maximum Gasteiger partial charge on any atom is 0.248 e. The van der Waals surface area contributed by atoms with Crippen molar-refractivity contribution < 1.29 is 4.79 Å². The van der Waals surface area contributed by atoms with Crippen LogP contribution in [0, 0.1) is 0 Å². The highest BCUT2D eigenvalue weighted by atomic mass is 16.1. The fourth-order valence-corrected chi connectivity index (χ4v) is 3.25. The highest BCUT2D eigenvalue weighted by molar-refractivity contribution is 5.93. The number of amides is 1. The molecule has 0 radical (unpaired) electrons. The highest BCUT2D eigenvalue weighted by Gasteiger charge is 2.17. The Kier molecular flexibility index (Phi) is 4.38. The molecule has 1 aliphatic rings. The number of carbonyl (C=O) groups is 1. The molecule has 0 saturated heterocycles. The summed E-state index contributed by atoms with van der Waals surface area (Å²) < 4.78 is 0.